The quantitative estimate of drug-likeness (QED) is 0.552. The fraction of sp³-hybridized carbons (Fsp3) is 0.650. The van der Waals surface area contributed by atoms with Gasteiger partial charge in [-0.05, 0) is 43.6 Å². The van der Waals surface area contributed by atoms with E-state index >= 15 is 0 Å². The molecule has 28 heavy (non-hydrogen) atoms. The smallest absolute Gasteiger partial charge is 0.192 e. The third-order valence-electron chi connectivity index (χ3n) is 6.36. The monoisotopic (exact) mass is 423 g/mol. The van der Waals surface area contributed by atoms with Crippen LogP contribution in [0.15, 0.2) is 24.2 Å². The van der Waals surface area contributed by atoms with Crippen molar-refractivity contribution in [3.8, 4) is 0 Å². The Hall–Kier alpha value is -1.12. The number of halogens is 1. The SMILES string of the molecule is CC(C)(C)[Si](C)(C)OCCN1CCCC(C2=C(Cl)c3cnccc3N(N)N2)C1. The number of nitrogens with one attached hydrogen (secondary N) is 1. The normalized spacial score (nSPS) is 21.5. The van der Waals surface area contributed by atoms with Gasteiger partial charge in [0.05, 0.1) is 16.4 Å². The van der Waals surface area contributed by atoms with E-state index in [0.717, 1.165) is 61.1 Å². The van der Waals surface area contributed by atoms with Crippen molar-refractivity contribution in [1.82, 2.24) is 15.3 Å². The molecule has 3 heterocycles. The number of rotatable bonds is 5. The minimum atomic E-state index is -1.70. The minimum absolute atomic E-state index is 0.244. The summed E-state index contributed by atoms with van der Waals surface area (Å²) in [5, 5.41) is 2.53. The molecule has 156 valence electrons. The van der Waals surface area contributed by atoms with Crippen molar-refractivity contribution in [1.29, 1.82) is 0 Å². The highest BCUT2D eigenvalue weighted by Gasteiger charge is 2.37. The van der Waals surface area contributed by atoms with Gasteiger partial charge in [0, 0.05) is 43.6 Å². The van der Waals surface area contributed by atoms with Crippen molar-refractivity contribution in [3.05, 3.63) is 29.7 Å². The summed E-state index contributed by atoms with van der Waals surface area (Å²) in [4.78, 5) is 6.69. The van der Waals surface area contributed by atoms with E-state index in [9.17, 15) is 0 Å². The molecule has 0 amide bonds. The Labute approximate surface area is 175 Å². The Bertz CT molecular complexity index is 734. The Morgan fingerprint density at radius 2 is 2.14 bits per heavy atom. The fourth-order valence-corrected chi connectivity index (χ4v) is 4.94. The average molecular weight is 424 g/mol. The van der Waals surface area contributed by atoms with Crippen LogP contribution in [0.3, 0.4) is 0 Å². The van der Waals surface area contributed by atoms with E-state index in [-0.39, 0.29) is 5.04 Å². The van der Waals surface area contributed by atoms with Gasteiger partial charge in [-0.15, -0.1) is 0 Å². The van der Waals surface area contributed by atoms with E-state index < -0.39 is 8.32 Å². The van der Waals surface area contributed by atoms with Crippen LogP contribution in [0.4, 0.5) is 5.69 Å². The van der Waals surface area contributed by atoms with Crippen molar-refractivity contribution >= 4 is 30.6 Å². The maximum atomic E-state index is 6.73. The molecule has 2 aliphatic rings. The predicted molar refractivity (Wildman–Crippen MR) is 119 cm³/mol. The predicted octanol–water partition coefficient (Wildman–Crippen LogP) is 3.92. The van der Waals surface area contributed by atoms with Crippen LogP contribution in [0.25, 0.3) is 5.03 Å². The largest absolute Gasteiger partial charge is 0.416 e. The molecule has 3 rings (SSSR count). The number of aromatic nitrogens is 1. The number of nitrogens with two attached hydrogens (primary N) is 1. The van der Waals surface area contributed by atoms with Gasteiger partial charge in [-0.2, -0.15) is 0 Å². The minimum Gasteiger partial charge on any atom is -0.416 e. The highest BCUT2D eigenvalue weighted by atomic mass is 35.5. The summed E-state index contributed by atoms with van der Waals surface area (Å²) in [6, 6.07) is 1.87. The Balaban J connectivity index is 1.64. The first-order chi connectivity index (χ1) is 13.1. The number of hydrogen-bond acceptors (Lipinski definition) is 6. The van der Waals surface area contributed by atoms with Gasteiger partial charge in [-0.3, -0.25) is 10.4 Å². The average Bonchev–Trinajstić information content (AvgIpc) is 2.64. The van der Waals surface area contributed by atoms with Crippen molar-refractivity contribution in [2.45, 2.75) is 51.7 Å². The number of hydrogen-bond donors (Lipinski definition) is 2. The molecule has 3 N–H and O–H groups in total. The standard InChI is InChI=1S/C20H34ClN5OSi/c1-20(2,3)28(4,5)27-12-11-25-10-6-7-15(14-25)19-18(21)16-13-23-9-8-17(16)26(22)24-19/h8-9,13,15,24H,6-7,10-12,14,22H2,1-5H3. The maximum Gasteiger partial charge on any atom is 0.192 e. The molecule has 8 heteroatoms. The summed E-state index contributed by atoms with van der Waals surface area (Å²) in [7, 11) is -1.70. The number of pyridine rings is 1. The number of fused-ring (bicyclic) bond motifs is 1. The van der Waals surface area contributed by atoms with Crippen LogP contribution in [0.1, 0.15) is 39.2 Å². The van der Waals surface area contributed by atoms with Crippen molar-refractivity contribution in [2.24, 2.45) is 11.8 Å². The van der Waals surface area contributed by atoms with Gasteiger partial charge in [0.2, 0.25) is 0 Å². The van der Waals surface area contributed by atoms with E-state index in [0.29, 0.717) is 5.92 Å². The Morgan fingerprint density at radius 3 is 2.86 bits per heavy atom. The van der Waals surface area contributed by atoms with Gasteiger partial charge in [0.1, 0.15) is 0 Å². The van der Waals surface area contributed by atoms with Crippen LogP contribution >= 0.6 is 11.6 Å². The van der Waals surface area contributed by atoms with E-state index in [1.807, 2.05) is 6.07 Å². The molecule has 1 aromatic heterocycles. The van der Waals surface area contributed by atoms with Gasteiger partial charge < -0.3 is 9.33 Å². The number of anilines is 1. The van der Waals surface area contributed by atoms with Crippen molar-refractivity contribution < 1.29 is 4.43 Å². The van der Waals surface area contributed by atoms with Crippen molar-refractivity contribution in [3.63, 3.8) is 0 Å². The lowest BCUT2D eigenvalue weighted by Crippen LogP contribution is -2.50. The summed E-state index contributed by atoms with van der Waals surface area (Å²) in [6.45, 7) is 15.3. The van der Waals surface area contributed by atoms with E-state index in [2.05, 4.69) is 49.2 Å². The third kappa shape index (κ3) is 4.54. The van der Waals surface area contributed by atoms with Crippen LogP contribution < -0.4 is 16.4 Å². The number of nitrogens with zero attached hydrogens (tertiary/aromatic N) is 3. The lowest BCUT2D eigenvalue weighted by molar-refractivity contribution is 0.151. The molecule has 0 saturated carbocycles. The second-order valence-electron chi connectivity index (χ2n) is 9.35. The molecule has 0 radical (unpaired) electrons. The molecular formula is C20H34ClN5OSi. The molecule has 1 atom stereocenters. The number of hydrazine groups is 2. The molecule has 0 aliphatic carbocycles. The van der Waals surface area contributed by atoms with Gasteiger partial charge in [0.25, 0.3) is 0 Å². The molecule has 6 nitrogen and oxygen atoms in total. The van der Waals surface area contributed by atoms with Gasteiger partial charge >= 0.3 is 0 Å². The van der Waals surface area contributed by atoms with Gasteiger partial charge in [0.15, 0.2) is 8.32 Å². The summed E-state index contributed by atoms with van der Waals surface area (Å²) in [5.41, 5.74) is 6.03. The fourth-order valence-electron chi connectivity index (χ4n) is 3.56. The maximum absolute atomic E-state index is 6.73. The zero-order valence-electron chi connectivity index (χ0n) is 17.8. The van der Waals surface area contributed by atoms with E-state index in [1.54, 1.807) is 17.5 Å². The highest BCUT2D eigenvalue weighted by Crippen LogP contribution is 2.38. The molecule has 1 fully saturated rings. The lowest BCUT2D eigenvalue weighted by Gasteiger charge is -2.40. The number of piperidine rings is 1. The first-order valence-corrected chi connectivity index (χ1v) is 13.4. The molecular weight excluding hydrogens is 390 g/mol. The first-order valence-electron chi connectivity index (χ1n) is 10.1. The summed E-state index contributed by atoms with van der Waals surface area (Å²) in [6.07, 6.45) is 5.75. The zero-order valence-corrected chi connectivity index (χ0v) is 19.5. The zero-order chi connectivity index (χ0) is 20.5. The Kier molecular flexibility index (Phi) is 6.41. The highest BCUT2D eigenvalue weighted by molar-refractivity contribution is 6.74. The summed E-state index contributed by atoms with van der Waals surface area (Å²) < 4.78 is 6.37. The van der Waals surface area contributed by atoms with Crippen LogP contribution in [0.5, 0.6) is 0 Å². The topological polar surface area (TPSA) is 66.7 Å². The first kappa shape index (κ1) is 21.6. The van der Waals surface area contributed by atoms with Gasteiger partial charge in [-0.25, -0.2) is 11.0 Å². The third-order valence-corrected chi connectivity index (χ3v) is 11.3. The second-order valence-corrected chi connectivity index (χ2v) is 14.5. The van der Waals surface area contributed by atoms with Crippen LogP contribution in [0, 0.1) is 5.92 Å². The second kappa shape index (κ2) is 8.32. The van der Waals surface area contributed by atoms with Crippen LogP contribution in [-0.2, 0) is 4.43 Å². The Morgan fingerprint density at radius 1 is 1.39 bits per heavy atom. The molecule has 0 bridgehead atoms. The summed E-state index contributed by atoms with van der Waals surface area (Å²) >= 11 is 6.73. The molecule has 0 aromatic carbocycles. The molecule has 1 unspecified atom stereocenters. The summed E-state index contributed by atoms with van der Waals surface area (Å²) in [5.74, 6) is 6.51. The number of likely N-dealkylation sites (tertiary alicyclic amines) is 1. The van der Waals surface area contributed by atoms with E-state index in [4.69, 9.17) is 21.9 Å². The van der Waals surface area contributed by atoms with Gasteiger partial charge in [-0.1, -0.05) is 32.4 Å². The van der Waals surface area contributed by atoms with Crippen LogP contribution in [-0.4, -0.2) is 44.4 Å². The van der Waals surface area contributed by atoms with Crippen LogP contribution in [0.2, 0.25) is 18.1 Å². The molecule has 1 saturated heterocycles. The molecule has 1 aromatic rings. The molecule has 2 aliphatic heterocycles. The molecule has 0 spiro atoms. The van der Waals surface area contributed by atoms with E-state index in [1.165, 1.54) is 0 Å². The van der Waals surface area contributed by atoms with Crippen molar-refractivity contribution in [2.75, 3.05) is 31.4 Å². The lowest BCUT2D eigenvalue weighted by atomic mass is 9.92.